The van der Waals surface area contributed by atoms with Crippen LogP contribution in [0.25, 0.3) is 0 Å². The molecule has 0 aromatic heterocycles. The van der Waals surface area contributed by atoms with Crippen LogP contribution in [0.2, 0.25) is 5.02 Å². The number of rotatable bonds is 6. The van der Waals surface area contributed by atoms with E-state index in [1.54, 1.807) is 43.3 Å². The molecule has 0 bridgehead atoms. The molecule has 0 saturated carbocycles. The summed E-state index contributed by atoms with van der Waals surface area (Å²) < 4.78 is 42.6. The number of hydrogen-bond acceptors (Lipinski definition) is 3. The van der Waals surface area contributed by atoms with Gasteiger partial charge in [-0.05, 0) is 56.6 Å². The Kier molecular flexibility index (Phi) is 5.97. The first-order valence-electron chi connectivity index (χ1n) is 8.63. The molecule has 1 aliphatic rings. The lowest BCUT2D eigenvalue weighted by atomic mass is 10.0. The predicted octanol–water partition coefficient (Wildman–Crippen LogP) is 3.90. The molecule has 4 nitrogen and oxygen atoms in total. The van der Waals surface area contributed by atoms with Gasteiger partial charge in [-0.25, -0.2) is 17.5 Å². The number of aryl methyl sites for hydroxylation is 1. The number of benzene rings is 2. The Labute approximate surface area is 159 Å². The first-order chi connectivity index (χ1) is 12.4. The van der Waals surface area contributed by atoms with Crippen LogP contribution in [-0.2, 0) is 10.0 Å². The number of sulfonamides is 1. The van der Waals surface area contributed by atoms with Gasteiger partial charge in [-0.3, -0.25) is 4.90 Å². The van der Waals surface area contributed by atoms with Crippen LogP contribution in [0.15, 0.2) is 47.4 Å². The average molecular weight is 397 g/mol. The van der Waals surface area contributed by atoms with E-state index in [2.05, 4.69) is 9.62 Å². The van der Waals surface area contributed by atoms with Gasteiger partial charge in [0.2, 0.25) is 10.0 Å². The molecule has 1 aliphatic heterocycles. The third-order valence-electron chi connectivity index (χ3n) is 4.76. The molecule has 0 aliphatic carbocycles. The summed E-state index contributed by atoms with van der Waals surface area (Å²) in [6.07, 6.45) is 2.01. The highest BCUT2D eigenvalue weighted by molar-refractivity contribution is 7.89. The van der Waals surface area contributed by atoms with Crippen LogP contribution < -0.4 is 4.72 Å². The van der Waals surface area contributed by atoms with Crippen molar-refractivity contribution in [3.8, 4) is 0 Å². The predicted molar refractivity (Wildman–Crippen MR) is 101 cm³/mol. The third kappa shape index (κ3) is 4.09. The van der Waals surface area contributed by atoms with Crippen molar-refractivity contribution >= 4 is 21.6 Å². The summed E-state index contributed by atoms with van der Waals surface area (Å²) in [6.45, 7) is 3.40. The topological polar surface area (TPSA) is 49.4 Å². The third-order valence-corrected chi connectivity index (χ3v) is 6.68. The van der Waals surface area contributed by atoms with Crippen LogP contribution in [0.4, 0.5) is 4.39 Å². The van der Waals surface area contributed by atoms with E-state index in [1.165, 1.54) is 6.07 Å². The first kappa shape index (κ1) is 19.3. The maximum atomic E-state index is 14.5. The molecule has 26 heavy (non-hydrogen) atoms. The summed E-state index contributed by atoms with van der Waals surface area (Å²) in [5, 5.41) is 0.317. The zero-order valence-corrected chi connectivity index (χ0v) is 16.2. The smallest absolute Gasteiger partial charge is 0.240 e. The van der Waals surface area contributed by atoms with Gasteiger partial charge >= 0.3 is 0 Å². The minimum Gasteiger partial charge on any atom is -0.295 e. The number of hydrogen-bond donors (Lipinski definition) is 1. The number of halogens is 2. The molecular weight excluding hydrogens is 375 g/mol. The fourth-order valence-corrected chi connectivity index (χ4v) is 4.99. The molecule has 7 heteroatoms. The van der Waals surface area contributed by atoms with Gasteiger partial charge in [0.1, 0.15) is 5.82 Å². The number of nitrogens with zero attached hydrogens (tertiary/aromatic N) is 1. The second kappa shape index (κ2) is 8.05. The van der Waals surface area contributed by atoms with Crippen LogP contribution in [0.5, 0.6) is 0 Å². The molecule has 1 fully saturated rings. The van der Waals surface area contributed by atoms with E-state index >= 15 is 0 Å². The van der Waals surface area contributed by atoms with E-state index in [0.717, 1.165) is 25.9 Å². The van der Waals surface area contributed by atoms with Gasteiger partial charge in [0.05, 0.1) is 10.9 Å². The summed E-state index contributed by atoms with van der Waals surface area (Å²) in [4.78, 5) is 2.32. The summed E-state index contributed by atoms with van der Waals surface area (Å²) in [7, 11) is -3.69. The Morgan fingerprint density at radius 1 is 1.15 bits per heavy atom. The Hall–Kier alpha value is -1.47. The highest BCUT2D eigenvalue weighted by atomic mass is 35.5. The Balaban J connectivity index is 1.89. The van der Waals surface area contributed by atoms with Gasteiger partial charge in [0.15, 0.2) is 0 Å². The SMILES string of the molecule is Cc1ccccc1S(=O)(=O)NCC(c1c(F)cccc1Cl)N1CCCC1. The monoisotopic (exact) mass is 396 g/mol. The molecule has 3 rings (SSSR count). The van der Waals surface area contributed by atoms with E-state index in [4.69, 9.17) is 11.6 Å². The summed E-state index contributed by atoms with van der Waals surface area (Å²) >= 11 is 6.25. The molecule has 1 N–H and O–H groups in total. The average Bonchev–Trinajstić information content (AvgIpc) is 3.12. The lowest BCUT2D eigenvalue weighted by Crippen LogP contribution is -2.37. The summed E-state index contributed by atoms with van der Waals surface area (Å²) in [6, 6.07) is 10.9. The minimum absolute atomic E-state index is 0.0668. The Morgan fingerprint density at radius 2 is 1.85 bits per heavy atom. The fourth-order valence-electron chi connectivity index (χ4n) is 3.42. The minimum atomic E-state index is -3.69. The first-order valence-corrected chi connectivity index (χ1v) is 10.5. The molecule has 2 aromatic carbocycles. The normalized spacial score (nSPS) is 16.7. The second-order valence-electron chi connectivity index (χ2n) is 6.51. The van der Waals surface area contributed by atoms with E-state index in [1.807, 2.05) is 0 Å². The zero-order valence-electron chi connectivity index (χ0n) is 14.6. The second-order valence-corrected chi connectivity index (χ2v) is 8.65. The molecule has 1 saturated heterocycles. The van der Waals surface area contributed by atoms with Crippen molar-refractivity contribution < 1.29 is 12.8 Å². The number of nitrogens with one attached hydrogen (secondary N) is 1. The molecule has 0 radical (unpaired) electrons. The van der Waals surface area contributed by atoms with Crippen LogP contribution in [0.1, 0.15) is 30.0 Å². The summed E-state index contributed by atoms with van der Waals surface area (Å²) in [5.74, 6) is -0.413. The van der Waals surface area contributed by atoms with Crippen molar-refractivity contribution in [2.45, 2.75) is 30.7 Å². The van der Waals surface area contributed by atoms with E-state index in [0.29, 0.717) is 16.1 Å². The Bertz CT molecular complexity index is 863. The van der Waals surface area contributed by atoms with Crippen LogP contribution >= 0.6 is 11.6 Å². The molecule has 0 amide bonds. The van der Waals surface area contributed by atoms with Crippen molar-refractivity contribution in [1.82, 2.24) is 9.62 Å². The zero-order chi connectivity index (χ0) is 18.7. The van der Waals surface area contributed by atoms with Crippen LogP contribution in [-0.4, -0.2) is 33.0 Å². The van der Waals surface area contributed by atoms with Crippen molar-refractivity contribution in [2.75, 3.05) is 19.6 Å². The number of likely N-dealkylation sites (tertiary alicyclic amines) is 1. The molecule has 1 atom stereocenters. The molecule has 1 unspecified atom stereocenters. The summed E-state index contributed by atoms with van der Waals surface area (Å²) in [5.41, 5.74) is 1.02. The van der Waals surface area contributed by atoms with Crippen molar-refractivity contribution in [3.05, 3.63) is 64.4 Å². The van der Waals surface area contributed by atoms with Gasteiger partial charge < -0.3 is 0 Å². The van der Waals surface area contributed by atoms with E-state index in [9.17, 15) is 12.8 Å². The van der Waals surface area contributed by atoms with Gasteiger partial charge in [-0.2, -0.15) is 0 Å². The lowest BCUT2D eigenvalue weighted by molar-refractivity contribution is 0.241. The van der Waals surface area contributed by atoms with Gasteiger partial charge in [0, 0.05) is 17.1 Å². The molecular formula is C19H22ClFN2O2S. The van der Waals surface area contributed by atoms with Crippen LogP contribution in [0, 0.1) is 12.7 Å². The molecule has 2 aromatic rings. The Morgan fingerprint density at radius 3 is 2.50 bits per heavy atom. The highest BCUT2D eigenvalue weighted by Crippen LogP contribution is 2.32. The van der Waals surface area contributed by atoms with Crippen molar-refractivity contribution in [3.63, 3.8) is 0 Å². The maximum Gasteiger partial charge on any atom is 0.240 e. The lowest BCUT2D eigenvalue weighted by Gasteiger charge is -2.29. The van der Waals surface area contributed by atoms with E-state index < -0.39 is 21.9 Å². The van der Waals surface area contributed by atoms with Crippen molar-refractivity contribution in [1.29, 1.82) is 0 Å². The van der Waals surface area contributed by atoms with E-state index in [-0.39, 0.29) is 11.4 Å². The molecule has 140 valence electrons. The highest BCUT2D eigenvalue weighted by Gasteiger charge is 2.29. The van der Waals surface area contributed by atoms with Gasteiger partial charge in [-0.1, -0.05) is 35.9 Å². The molecule has 0 spiro atoms. The van der Waals surface area contributed by atoms with Gasteiger partial charge in [-0.15, -0.1) is 0 Å². The largest absolute Gasteiger partial charge is 0.295 e. The van der Waals surface area contributed by atoms with Crippen molar-refractivity contribution in [2.24, 2.45) is 0 Å². The van der Waals surface area contributed by atoms with Gasteiger partial charge in [0.25, 0.3) is 0 Å². The standard InChI is InChI=1S/C19H22ClFN2O2S/c1-14-7-2-3-10-18(14)26(24,25)22-13-17(23-11-4-5-12-23)19-15(20)8-6-9-16(19)21/h2-3,6-10,17,22H,4-5,11-13H2,1H3. The maximum absolute atomic E-state index is 14.5. The van der Waals surface area contributed by atoms with Crippen LogP contribution in [0.3, 0.4) is 0 Å². The fraction of sp³-hybridized carbons (Fsp3) is 0.368. The molecule has 1 heterocycles. The quantitative estimate of drug-likeness (QED) is 0.805.